The smallest absolute Gasteiger partial charge is 0.343 e. The summed E-state index contributed by atoms with van der Waals surface area (Å²) in [6, 6.07) is 0. The van der Waals surface area contributed by atoms with Crippen molar-refractivity contribution in [1.29, 1.82) is 0 Å². The summed E-state index contributed by atoms with van der Waals surface area (Å²) in [6.45, 7) is 7.90. The summed E-state index contributed by atoms with van der Waals surface area (Å²) >= 11 is 0. The molecule has 3 heterocycles. The van der Waals surface area contributed by atoms with Gasteiger partial charge in [0.25, 0.3) is 0 Å². The Bertz CT molecular complexity index is 858. The van der Waals surface area contributed by atoms with Crippen LogP contribution < -0.4 is 0 Å². The van der Waals surface area contributed by atoms with Crippen LogP contribution in [0.5, 0.6) is 0 Å². The van der Waals surface area contributed by atoms with E-state index < -0.39 is 41.3 Å². The second kappa shape index (κ2) is 8.00. The Morgan fingerprint density at radius 2 is 2.00 bits per heavy atom. The van der Waals surface area contributed by atoms with Crippen molar-refractivity contribution in [2.24, 2.45) is 0 Å². The van der Waals surface area contributed by atoms with E-state index in [2.05, 4.69) is 0 Å². The number of aliphatic hydroxyl groups is 1. The van der Waals surface area contributed by atoms with Crippen LogP contribution in [-0.4, -0.2) is 53.0 Å². The Morgan fingerprint density at radius 3 is 2.63 bits per heavy atom. The van der Waals surface area contributed by atoms with Crippen LogP contribution in [0, 0.1) is 0 Å². The lowest BCUT2D eigenvalue weighted by atomic mass is 9.84. The zero-order chi connectivity index (χ0) is 22.3. The monoisotopic (exact) mass is 420 g/mol. The highest BCUT2D eigenvalue weighted by Gasteiger charge is 2.50. The van der Waals surface area contributed by atoms with E-state index >= 15 is 0 Å². The fourth-order valence-electron chi connectivity index (χ4n) is 4.05. The summed E-state index contributed by atoms with van der Waals surface area (Å²) in [5.74, 6) is -1.64. The number of rotatable bonds is 4. The zero-order valence-electron chi connectivity index (χ0n) is 17.9. The molecule has 164 valence electrons. The third-order valence-corrected chi connectivity index (χ3v) is 5.49. The van der Waals surface area contributed by atoms with E-state index in [-0.39, 0.29) is 24.4 Å². The Hall–Kier alpha value is -2.45. The number of hydrogen-bond acceptors (Lipinski definition) is 8. The average Bonchev–Trinajstić information content (AvgIpc) is 3.12. The van der Waals surface area contributed by atoms with Crippen LogP contribution in [-0.2, 0) is 33.3 Å². The summed E-state index contributed by atoms with van der Waals surface area (Å²) in [4.78, 5) is 36.3. The summed E-state index contributed by atoms with van der Waals surface area (Å²) < 4.78 is 22.3. The maximum atomic E-state index is 12.6. The fourth-order valence-corrected chi connectivity index (χ4v) is 4.05. The molecule has 3 aliphatic rings. The number of allylic oxidation sites excluding steroid dienone is 1. The number of carbonyl (C=O) groups excluding carboxylic acids is 3. The third kappa shape index (κ3) is 4.65. The van der Waals surface area contributed by atoms with Crippen molar-refractivity contribution in [2.45, 2.75) is 77.3 Å². The van der Waals surface area contributed by atoms with Gasteiger partial charge >= 0.3 is 17.9 Å². The van der Waals surface area contributed by atoms with E-state index in [9.17, 15) is 19.5 Å². The van der Waals surface area contributed by atoms with Crippen molar-refractivity contribution in [2.75, 3.05) is 6.61 Å². The largest absolute Gasteiger partial charge is 0.461 e. The second-order valence-corrected chi connectivity index (χ2v) is 8.74. The summed E-state index contributed by atoms with van der Waals surface area (Å²) in [5.41, 5.74) is -0.959. The molecule has 0 unspecified atom stereocenters. The minimum Gasteiger partial charge on any atom is -0.461 e. The third-order valence-electron chi connectivity index (χ3n) is 5.49. The normalized spacial score (nSPS) is 34.6. The Balaban J connectivity index is 2.12. The van der Waals surface area contributed by atoms with Crippen molar-refractivity contribution in [3.8, 4) is 0 Å². The number of ether oxygens (including phenoxy) is 4. The van der Waals surface area contributed by atoms with Gasteiger partial charge in [-0.1, -0.05) is 5.57 Å². The topological polar surface area (TPSA) is 108 Å². The SMILES string of the molecule is CC(=O)OCC1=C2/C(=C\[C@@]3(C)CC[C@H](O3)[C@](C)(O)C[C@@H]2OC(=O)C=C(C)C)OC1=O. The molecule has 8 nitrogen and oxygen atoms in total. The molecule has 4 atom stereocenters. The van der Waals surface area contributed by atoms with Crippen LogP contribution >= 0.6 is 0 Å². The highest BCUT2D eigenvalue weighted by molar-refractivity contribution is 5.95. The lowest BCUT2D eigenvalue weighted by molar-refractivity contribution is -0.150. The van der Waals surface area contributed by atoms with Gasteiger partial charge in [-0.3, -0.25) is 4.79 Å². The van der Waals surface area contributed by atoms with E-state index in [0.29, 0.717) is 18.4 Å². The maximum Gasteiger partial charge on any atom is 0.343 e. The van der Waals surface area contributed by atoms with Crippen LogP contribution in [0.2, 0.25) is 0 Å². The minimum absolute atomic E-state index is 0.0109. The van der Waals surface area contributed by atoms with Crippen LogP contribution in [0.3, 0.4) is 0 Å². The van der Waals surface area contributed by atoms with E-state index in [1.807, 2.05) is 6.92 Å². The predicted molar refractivity (Wildman–Crippen MR) is 105 cm³/mol. The van der Waals surface area contributed by atoms with Crippen LogP contribution in [0.4, 0.5) is 0 Å². The van der Waals surface area contributed by atoms with Crippen molar-refractivity contribution >= 4 is 17.9 Å². The summed E-state index contributed by atoms with van der Waals surface area (Å²) in [6.07, 6.45) is 2.78. The molecule has 2 bridgehead atoms. The molecule has 0 aromatic heterocycles. The molecule has 8 heteroatoms. The first-order chi connectivity index (χ1) is 13.9. The number of hydrogen-bond donors (Lipinski definition) is 1. The van der Waals surface area contributed by atoms with Gasteiger partial charge in [-0.25, -0.2) is 9.59 Å². The molecule has 1 saturated heterocycles. The molecule has 3 rings (SSSR count). The highest BCUT2D eigenvalue weighted by Crippen LogP contribution is 2.44. The number of carbonyl (C=O) groups is 3. The lowest BCUT2D eigenvalue weighted by Crippen LogP contribution is -2.44. The molecule has 0 aromatic rings. The Morgan fingerprint density at radius 1 is 1.30 bits per heavy atom. The van der Waals surface area contributed by atoms with Gasteiger partial charge in [0.15, 0.2) is 0 Å². The molecule has 30 heavy (non-hydrogen) atoms. The van der Waals surface area contributed by atoms with Gasteiger partial charge < -0.3 is 24.1 Å². The van der Waals surface area contributed by atoms with Gasteiger partial charge in [0, 0.05) is 25.0 Å². The van der Waals surface area contributed by atoms with Crippen molar-refractivity contribution < 1.29 is 38.4 Å². The molecule has 0 spiro atoms. The quantitative estimate of drug-likeness (QED) is 0.419. The predicted octanol–water partition coefficient (Wildman–Crippen LogP) is 2.26. The molecule has 0 aliphatic carbocycles. The number of esters is 3. The van der Waals surface area contributed by atoms with Crippen molar-refractivity contribution in [3.05, 3.63) is 34.6 Å². The molecule has 0 amide bonds. The minimum atomic E-state index is -1.33. The van der Waals surface area contributed by atoms with E-state index in [1.165, 1.54) is 13.0 Å². The first kappa shape index (κ1) is 22.2. The molecule has 1 N–H and O–H groups in total. The maximum absolute atomic E-state index is 12.6. The van der Waals surface area contributed by atoms with Gasteiger partial charge in [-0.2, -0.15) is 0 Å². The molecular formula is C22H28O8. The number of fused-ring (bicyclic) bond motifs is 3. The zero-order valence-corrected chi connectivity index (χ0v) is 17.9. The average molecular weight is 420 g/mol. The molecule has 1 fully saturated rings. The molecular weight excluding hydrogens is 392 g/mol. The van der Waals surface area contributed by atoms with Crippen molar-refractivity contribution in [1.82, 2.24) is 0 Å². The summed E-state index contributed by atoms with van der Waals surface area (Å²) in [7, 11) is 0. The van der Waals surface area contributed by atoms with Crippen LogP contribution in [0.15, 0.2) is 34.6 Å². The molecule has 0 aromatic carbocycles. The van der Waals surface area contributed by atoms with Crippen molar-refractivity contribution in [3.63, 3.8) is 0 Å². The lowest BCUT2D eigenvalue weighted by Gasteiger charge is -2.33. The first-order valence-corrected chi connectivity index (χ1v) is 9.98. The van der Waals surface area contributed by atoms with Gasteiger partial charge in [0.1, 0.15) is 18.5 Å². The molecule has 0 radical (unpaired) electrons. The van der Waals surface area contributed by atoms with Gasteiger partial charge in [0.05, 0.1) is 22.9 Å². The van der Waals surface area contributed by atoms with Gasteiger partial charge in [0.2, 0.25) is 0 Å². The van der Waals surface area contributed by atoms with Gasteiger partial charge in [-0.05, 0) is 46.6 Å². The van der Waals surface area contributed by atoms with Crippen LogP contribution in [0.1, 0.15) is 53.9 Å². The standard InChI is InChI=1S/C22H28O8/c1-12(2)8-18(24)28-16-10-22(5,26)17-6-7-21(4,30-17)9-15-19(16)14(20(25)29-15)11-27-13(3)23/h8-9,16-17,26H,6-7,10-11H2,1-5H3/b15-9+/t16-,17-,21+,22+/m0/s1. The van der Waals surface area contributed by atoms with E-state index in [0.717, 1.165) is 5.57 Å². The second-order valence-electron chi connectivity index (χ2n) is 8.74. The first-order valence-electron chi connectivity index (χ1n) is 9.98. The molecule has 0 saturated carbocycles. The summed E-state index contributed by atoms with van der Waals surface area (Å²) in [5, 5.41) is 11.2. The van der Waals surface area contributed by atoms with Gasteiger partial charge in [-0.15, -0.1) is 0 Å². The van der Waals surface area contributed by atoms with Crippen LogP contribution in [0.25, 0.3) is 0 Å². The Kier molecular flexibility index (Phi) is 5.93. The van der Waals surface area contributed by atoms with E-state index in [1.54, 1.807) is 26.8 Å². The highest BCUT2D eigenvalue weighted by atomic mass is 16.6. The Labute approximate surface area is 175 Å². The molecule has 3 aliphatic heterocycles. The van der Waals surface area contributed by atoms with E-state index in [4.69, 9.17) is 18.9 Å². The fraction of sp³-hybridized carbons (Fsp3) is 0.591.